The predicted molar refractivity (Wildman–Crippen MR) is 146 cm³/mol. The number of piperazine rings is 1. The third-order valence-electron chi connectivity index (χ3n) is 8.99. The molecule has 0 spiro atoms. The van der Waals surface area contributed by atoms with Crippen LogP contribution in [0.3, 0.4) is 0 Å². The number of carbonyl (C=O) groups excluding carboxylic acids is 1. The van der Waals surface area contributed by atoms with E-state index in [0.29, 0.717) is 11.8 Å². The molecule has 7 nitrogen and oxygen atoms in total. The number of para-hydroxylation sites is 2. The van der Waals surface area contributed by atoms with Gasteiger partial charge in [-0.1, -0.05) is 32.1 Å². The van der Waals surface area contributed by atoms with Crippen molar-refractivity contribution in [1.29, 1.82) is 0 Å². The van der Waals surface area contributed by atoms with Crippen molar-refractivity contribution >= 4 is 22.8 Å². The maximum atomic E-state index is 11.8. The molecule has 1 aromatic carbocycles. The molecule has 37 heavy (non-hydrogen) atoms. The Bertz CT molecular complexity index is 1170. The Hall–Kier alpha value is -2.51. The molecule has 1 saturated heterocycles. The van der Waals surface area contributed by atoms with E-state index >= 15 is 0 Å². The monoisotopic (exact) mass is 505 g/mol. The second-order valence-electron chi connectivity index (χ2n) is 11.5. The maximum absolute atomic E-state index is 11.8. The number of fused-ring (bicyclic) bond motifs is 2. The number of hydrogen-bond acceptors (Lipinski definition) is 7. The fourth-order valence-electron chi connectivity index (χ4n) is 6.82. The van der Waals surface area contributed by atoms with Crippen LogP contribution in [0, 0.1) is 37.0 Å². The lowest BCUT2D eigenvalue weighted by molar-refractivity contribution is -0.148. The average molecular weight is 506 g/mol. The highest BCUT2D eigenvalue weighted by molar-refractivity contribution is 5.76. The van der Waals surface area contributed by atoms with Crippen LogP contribution >= 0.6 is 0 Å². The van der Waals surface area contributed by atoms with Gasteiger partial charge < -0.3 is 14.7 Å². The van der Waals surface area contributed by atoms with Crippen LogP contribution in [0.25, 0.3) is 11.0 Å². The number of aryl methyl sites for hydroxylation is 1. The number of hydrogen-bond donors (Lipinski definition) is 1. The van der Waals surface area contributed by atoms with E-state index in [-0.39, 0.29) is 17.8 Å². The number of carbonyl (C=O) groups is 1. The summed E-state index contributed by atoms with van der Waals surface area (Å²) in [5.74, 6) is 1.71. The van der Waals surface area contributed by atoms with Gasteiger partial charge in [-0.2, -0.15) is 0 Å². The SMILES string of the molecule is CC(=O)O[C@@H]1[CH][C@@]2(O)[C@H](C)CC[C@@H](C(C)CN3CCN(c4nc5ccccc5nc4C)CC3)[C@H]2C=C1C. The molecule has 5 rings (SSSR count). The molecule has 2 aromatic rings. The van der Waals surface area contributed by atoms with E-state index in [4.69, 9.17) is 14.7 Å². The van der Waals surface area contributed by atoms with Crippen LogP contribution in [0.5, 0.6) is 0 Å². The zero-order chi connectivity index (χ0) is 26.3. The quantitative estimate of drug-likeness (QED) is 0.482. The van der Waals surface area contributed by atoms with Crippen molar-refractivity contribution in [3.63, 3.8) is 0 Å². The largest absolute Gasteiger partial charge is 0.458 e. The van der Waals surface area contributed by atoms with Gasteiger partial charge in [0.05, 0.1) is 22.3 Å². The first-order chi connectivity index (χ1) is 17.7. The van der Waals surface area contributed by atoms with Gasteiger partial charge in [-0.05, 0) is 62.1 Å². The number of benzene rings is 1. The van der Waals surface area contributed by atoms with Gasteiger partial charge in [0.25, 0.3) is 0 Å². The Labute approximate surface area is 220 Å². The average Bonchev–Trinajstić information content (AvgIpc) is 2.86. The standard InChI is InChI=1S/C30H41N4O3/c1-19-16-25-24(11-10-21(3)30(25,36)17-28(19)37-23(5)35)20(2)18-33-12-14-34(15-13-33)29-22(4)31-26-8-6-7-9-27(26)32-29/h6-9,16-17,20-21,24-25,28,36H,10-15,18H2,1-5H3/t20?,21-,24+,25-,28-,30-/m1/s1. The van der Waals surface area contributed by atoms with Crippen LogP contribution in [0.1, 0.15) is 46.2 Å². The number of anilines is 1. The van der Waals surface area contributed by atoms with Gasteiger partial charge in [-0.25, -0.2) is 9.97 Å². The number of aliphatic hydroxyl groups is 1. The van der Waals surface area contributed by atoms with Crippen molar-refractivity contribution in [3.8, 4) is 0 Å². The minimum atomic E-state index is -0.943. The third kappa shape index (κ3) is 5.13. The zero-order valence-corrected chi connectivity index (χ0v) is 22.9. The van der Waals surface area contributed by atoms with Gasteiger partial charge in [0, 0.05) is 52.0 Å². The van der Waals surface area contributed by atoms with Gasteiger partial charge in [0.15, 0.2) is 5.82 Å². The number of nitrogens with zero attached hydrogens (tertiary/aromatic N) is 4. The molecule has 1 saturated carbocycles. The number of esters is 1. The van der Waals surface area contributed by atoms with Gasteiger partial charge >= 0.3 is 5.97 Å². The molecular weight excluding hydrogens is 464 g/mol. The number of rotatable bonds is 5. The van der Waals surface area contributed by atoms with E-state index in [1.165, 1.54) is 6.92 Å². The molecule has 2 fully saturated rings. The molecule has 7 heteroatoms. The third-order valence-corrected chi connectivity index (χ3v) is 8.99. The summed E-state index contributed by atoms with van der Waals surface area (Å²) in [7, 11) is 0. The molecule has 1 radical (unpaired) electrons. The van der Waals surface area contributed by atoms with Gasteiger partial charge in [-0.15, -0.1) is 0 Å². The summed E-state index contributed by atoms with van der Waals surface area (Å²) < 4.78 is 5.52. The summed E-state index contributed by atoms with van der Waals surface area (Å²) >= 11 is 0. The van der Waals surface area contributed by atoms with Crippen molar-refractivity contribution in [2.75, 3.05) is 37.6 Å². The highest BCUT2D eigenvalue weighted by Crippen LogP contribution is 2.50. The second-order valence-corrected chi connectivity index (χ2v) is 11.5. The summed E-state index contributed by atoms with van der Waals surface area (Å²) in [4.78, 5) is 26.3. The Balaban J connectivity index is 1.24. The van der Waals surface area contributed by atoms with Crippen LogP contribution in [-0.4, -0.2) is 70.4 Å². The fourth-order valence-corrected chi connectivity index (χ4v) is 6.82. The van der Waals surface area contributed by atoms with E-state index in [2.05, 4.69) is 36.6 Å². The first-order valence-corrected chi connectivity index (χ1v) is 13.8. The van der Waals surface area contributed by atoms with Crippen molar-refractivity contribution in [2.45, 2.75) is 59.2 Å². The fraction of sp³-hybridized carbons (Fsp3) is 0.600. The molecule has 2 aliphatic carbocycles. The number of ether oxygens (including phenoxy) is 1. The Morgan fingerprint density at radius 3 is 2.49 bits per heavy atom. The van der Waals surface area contributed by atoms with Crippen molar-refractivity contribution in [3.05, 3.63) is 48.0 Å². The minimum Gasteiger partial charge on any atom is -0.458 e. The van der Waals surface area contributed by atoms with E-state index in [1.807, 2.05) is 37.6 Å². The van der Waals surface area contributed by atoms with E-state index in [0.717, 1.165) is 73.7 Å². The lowest BCUT2D eigenvalue weighted by Crippen LogP contribution is -2.57. The molecule has 1 unspecified atom stereocenters. The van der Waals surface area contributed by atoms with E-state index < -0.39 is 11.7 Å². The minimum absolute atomic E-state index is 0.0508. The Morgan fingerprint density at radius 2 is 1.81 bits per heavy atom. The normalized spacial score (nSPS) is 31.5. The molecule has 3 aliphatic rings. The van der Waals surface area contributed by atoms with E-state index in [1.54, 1.807) is 0 Å². The molecule has 0 amide bonds. The molecular formula is C30H41N4O3. The van der Waals surface area contributed by atoms with Crippen LogP contribution in [0.15, 0.2) is 35.9 Å². The molecule has 199 valence electrons. The van der Waals surface area contributed by atoms with E-state index in [9.17, 15) is 9.90 Å². The molecule has 2 heterocycles. The molecule has 1 aromatic heterocycles. The smallest absolute Gasteiger partial charge is 0.303 e. The number of aromatic nitrogens is 2. The lowest BCUT2D eigenvalue weighted by Gasteiger charge is -2.53. The summed E-state index contributed by atoms with van der Waals surface area (Å²) in [5, 5.41) is 11.8. The first kappa shape index (κ1) is 26.1. The summed E-state index contributed by atoms with van der Waals surface area (Å²) in [6, 6.07) is 8.07. The predicted octanol–water partition coefficient (Wildman–Crippen LogP) is 4.19. The lowest BCUT2D eigenvalue weighted by atomic mass is 9.57. The highest BCUT2D eigenvalue weighted by Gasteiger charge is 2.53. The summed E-state index contributed by atoms with van der Waals surface area (Å²) in [6.07, 6.45) is 5.75. The molecule has 1 N–H and O–H groups in total. The van der Waals surface area contributed by atoms with Crippen molar-refractivity contribution in [1.82, 2.24) is 14.9 Å². The van der Waals surface area contributed by atoms with Crippen LogP contribution < -0.4 is 4.90 Å². The van der Waals surface area contributed by atoms with Crippen LogP contribution in [0.4, 0.5) is 5.82 Å². The maximum Gasteiger partial charge on any atom is 0.303 e. The van der Waals surface area contributed by atoms with Gasteiger partial charge in [0.1, 0.15) is 6.10 Å². The van der Waals surface area contributed by atoms with Crippen LogP contribution in [0.2, 0.25) is 0 Å². The highest BCUT2D eigenvalue weighted by atomic mass is 16.5. The van der Waals surface area contributed by atoms with Crippen LogP contribution in [-0.2, 0) is 9.53 Å². The molecule has 0 bridgehead atoms. The first-order valence-electron chi connectivity index (χ1n) is 13.8. The zero-order valence-electron chi connectivity index (χ0n) is 22.9. The summed E-state index contributed by atoms with van der Waals surface area (Å²) in [6.45, 7) is 14.8. The summed E-state index contributed by atoms with van der Waals surface area (Å²) in [5.41, 5.74) is 2.96. The topological polar surface area (TPSA) is 78.8 Å². The van der Waals surface area contributed by atoms with Crippen molar-refractivity contribution < 1.29 is 14.6 Å². The van der Waals surface area contributed by atoms with Crippen molar-refractivity contribution in [2.24, 2.45) is 23.7 Å². The second kappa shape index (κ2) is 10.3. The van der Waals surface area contributed by atoms with Gasteiger partial charge in [-0.3, -0.25) is 9.69 Å². The Morgan fingerprint density at radius 1 is 1.14 bits per heavy atom. The van der Waals surface area contributed by atoms with Gasteiger partial charge in [0.2, 0.25) is 0 Å². The molecule has 1 aliphatic heterocycles. The molecule has 6 atom stereocenters. The Kier molecular flexibility index (Phi) is 7.29.